The van der Waals surface area contributed by atoms with E-state index in [2.05, 4.69) is 42.3 Å². The van der Waals surface area contributed by atoms with E-state index in [4.69, 9.17) is 0 Å². The summed E-state index contributed by atoms with van der Waals surface area (Å²) in [4.78, 5) is 3.60. The summed E-state index contributed by atoms with van der Waals surface area (Å²) in [5.74, 6) is 0. The number of H-pyrrole nitrogens is 1. The van der Waals surface area contributed by atoms with Gasteiger partial charge in [-0.1, -0.05) is 38.0 Å². The van der Waals surface area contributed by atoms with Crippen LogP contribution in [-0.4, -0.2) is 17.6 Å². The van der Waals surface area contributed by atoms with Gasteiger partial charge in [0.05, 0.1) is 0 Å². The molecule has 1 aromatic carbocycles. The molecule has 1 fully saturated rings. The minimum Gasteiger partial charge on any atom is -0.358 e. The largest absolute Gasteiger partial charge is 0.358 e. The van der Waals surface area contributed by atoms with Crippen molar-refractivity contribution in [1.82, 2.24) is 10.3 Å². The van der Waals surface area contributed by atoms with E-state index in [1.54, 1.807) is 0 Å². The summed E-state index contributed by atoms with van der Waals surface area (Å²) in [6, 6.07) is 7.47. The molecule has 2 N–H and O–H groups in total. The maximum Gasteiger partial charge on any atom is 0.0491 e. The van der Waals surface area contributed by atoms with E-state index in [9.17, 15) is 0 Å². The van der Waals surface area contributed by atoms with E-state index in [1.807, 2.05) is 0 Å². The van der Waals surface area contributed by atoms with E-state index in [-0.39, 0.29) is 0 Å². The van der Waals surface area contributed by atoms with Gasteiger partial charge in [0.15, 0.2) is 0 Å². The molecule has 1 heterocycles. The van der Waals surface area contributed by atoms with Crippen molar-refractivity contribution in [1.29, 1.82) is 0 Å². The van der Waals surface area contributed by atoms with Gasteiger partial charge in [0.1, 0.15) is 0 Å². The van der Waals surface area contributed by atoms with Gasteiger partial charge in [-0.05, 0) is 50.3 Å². The van der Waals surface area contributed by atoms with Crippen molar-refractivity contribution in [2.75, 3.05) is 6.54 Å². The number of hydrogen-bond donors (Lipinski definition) is 2. The van der Waals surface area contributed by atoms with Gasteiger partial charge in [0, 0.05) is 22.6 Å². The van der Waals surface area contributed by atoms with Gasteiger partial charge in [0.2, 0.25) is 0 Å². The molecule has 108 valence electrons. The van der Waals surface area contributed by atoms with Gasteiger partial charge in [-0.15, -0.1) is 0 Å². The lowest BCUT2D eigenvalue weighted by Crippen LogP contribution is -2.28. The molecule has 3 rings (SSSR count). The zero-order valence-electron chi connectivity index (χ0n) is 12.8. The number of aromatic amines is 1. The van der Waals surface area contributed by atoms with Crippen LogP contribution in [0.3, 0.4) is 0 Å². The van der Waals surface area contributed by atoms with E-state index < -0.39 is 0 Å². The van der Waals surface area contributed by atoms with Crippen LogP contribution in [0, 0.1) is 6.92 Å². The van der Waals surface area contributed by atoms with E-state index in [1.165, 1.54) is 53.4 Å². The number of aryl methyl sites for hydroxylation is 2. The summed E-state index contributed by atoms with van der Waals surface area (Å²) < 4.78 is 0. The summed E-state index contributed by atoms with van der Waals surface area (Å²) in [6.07, 6.45) is 7.78. The topological polar surface area (TPSA) is 27.8 Å². The Hall–Kier alpha value is -1.28. The van der Waals surface area contributed by atoms with Crippen LogP contribution in [0.15, 0.2) is 18.2 Å². The predicted octanol–water partition coefficient (Wildman–Crippen LogP) is 4.11. The average molecular weight is 270 g/mol. The molecule has 0 aliphatic heterocycles. The fourth-order valence-corrected chi connectivity index (χ4v) is 3.61. The van der Waals surface area contributed by atoms with Gasteiger partial charge in [-0.25, -0.2) is 0 Å². The highest BCUT2D eigenvalue weighted by Gasteiger charge is 2.15. The van der Waals surface area contributed by atoms with Gasteiger partial charge in [-0.3, -0.25) is 0 Å². The number of benzene rings is 1. The quantitative estimate of drug-likeness (QED) is 0.840. The zero-order chi connectivity index (χ0) is 13.9. The van der Waals surface area contributed by atoms with Gasteiger partial charge >= 0.3 is 0 Å². The molecule has 0 atom stereocenters. The second-order valence-electron chi connectivity index (χ2n) is 6.11. The van der Waals surface area contributed by atoms with Crippen molar-refractivity contribution in [3.63, 3.8) is 0 Å². The highest BCUT2D eigenvalue weighted by atomic mass is 14.9. The SMILES string of the molecule is CCc1cccc2c(CCNC3CCCC3)c(C)[nH]c12. The molecule has 2 aromatic rings. The van der Waals surface area contributed by atoms with Gasteiger partial charge in [0.25, 0.3) is 0 Å². The first kappa shape index (κ1) is 13.7. The molecule has 20 heavy (non-hydrogen) atoms. The number of hydrogen-bond acceptors (Lipinski definition) is 1. The Balaban J connectivity index is 1.75. The maximum absolute atomic E-state index is 3.73. The van der Waals surface area contributed by atoms with Crippen LogP contribution in [0.1, 0.15) is 49.4 Å². The number of nitrogens with one attached hydrogen (secondary N) is 2. The lowest BCUT2D eigenvalue weighted by molar-refractivity contribution is 0.528. The third-order valence-corrected chi connectivity index (χ3v) is 4.79. The normalized spacial score (nSPS) is 16.3. The molecule has 0 unspecified atom stereocenters. The van der Waals surface area contributed by atoms with Crippen molar-refractivity contribution < 1.29 is 0 Å². The highest BCUT2D eigenvalue weighted by molar-refractivity contribution is 5.87. The Bertz CT molecular complexity index is 576. The number of para-hydroxylation sites is 1. The Kier molecular flexibility index (Phi) is 4.11. The van der Waals surface area contributed by atoms with E-state index >= 15 is 0 Å². The summed E-state index contributed by atoms with van der Waals surface area (Å²) in [5.41, 5.74) is 5.62. The smallest absolute Gasteiger partial charge is 0.0491 e. The van der Waals surface area contributed by atoms with Crippen LogP contribution in [-0.2, 0) is 12.8 Å². The molecule has 0 radical (unpaired) electrons. The zero-order valence-corrected chi connectivity index (χ0v) is 12.8. The monoisotopic (exact) mass is 270 g/mol. The van der Waals surface area contributed by atoms with Crippen molar-refractivity contribution in [3.8, 4) is 0 Å². The fraction of sp³-hybridized carbons (Fsp3) is 0.556. The molecule has 0 spiro atoms. The molecular formula is C18H26N2. The van der Waals surface area contributed by atoms with Crippen LogP contribution < -0.4 is 5.32 Å². The number of rotatable bonds is 5. The molecule has 1 aliphatic rings. The standard InChI is InChI=1S/C18H26N2/c1-3-14-7-6-10-17-16(13(2)20-18(14)17)11-12-19-15-8-4-5-9-15/h6-7,10,15,19-20H,3-5,8-9,11-12H2,1-2H3. The first-order valence-corrected chi connectivity index (χ1v) is 8.12. The van der Waals surface area contributed by atoms with Crippen molar-refractivity contribution in [2.45, 2.75) is 58.4 Å². The van der Waals surface area contributed by atoms with Crippen LogP contribution >= 0.6 is 0 Å². The molecule has 0 bridgehead atoms. The van der Waals surface area contributed by atoms with E-state index in [0.717, 1.165) is 25.4 Å². The third kappa shape index (κ3) is 2.62. The van der Waals surface area contributed by atoms with Gasteiger partial charge in [-0.2, -0.15) is 0 Å². The van der Waals surface area contributed by atoms with E-state index in [0.29, 0.717) is 0 Å². The summed E-state index contributed by atoms with van der Waals surface area (Å²) in [6.45, 7) is 5.55. The molecule has 1 aliphatic carbocycles. The number of fused-ring (bicyclic) bond motifs is 1. The minimum atomic E-state index is 0.770. The molecular weight excluding hydrogens is 244 g/mol. The van der Waals surface area contributed by atoms with Crippen LogP contribution in [0.2, 0.25) is 0 Å². The lowest BCUT2D eigenvalue weighted by Gasteiger charge is -2.11. The average Bonchev–Trinajstić information content (AvgIpc) is 3.07. The van der Waals surface area contributed by atoms with Crippen molar-refractivity contribution >= 4 is 10.9 Å². The van der Waals surface area contributed by atoms with Crippen LogP contribution in [0.25, 0.3) is 10.9 Å². The van der Waals surface area contributed by atoms with Crippen LogP contribution in [0.4, 0.5) is 0 Å². The molecule has 1 saturated carbocycles. The summed E-state index contributed by atoms with van der Waals surface area (Å²) in [5, 5.41) is 5.15. The molecule has 2 nitrogen and oxygen atoms in total. The predicted molar refractivity (Wildman–Crippen MR) is 86.4 cm³/mol. The van der Waals surface area contributed by atoms with Crippen molar-refractivity contribution in [2.24, 2.45) is 0 Å². The Morgan fingerprint density at radius 3 is 2.80 bits per heavy atom. The maximum atomic E-state index is 3.73. The van der Waals surface area contributed by atoms with Gasteiger partial charge < -0.3 is 10.3 Å². The summed E-state index contributed by atoms with van der Waals surface area (Å²) >= 11 is 0. The first-order valence-electron chi connectivity index (χ1n) is 8.12. The second-order valence-corrected chi connectivity index (χ2v) is 6.11. The Morgan fingerprint density at radius 2 is 2.05 bits per heavy atom. The molecule has 0 amide bonds. The highest BCUT2D eigenvalue weighted by Crippen LogP contribution is 2.26. The van der Waals surface area contributed by atoms with Crippen molar-refractivity contribution in [3.05, 3.63) is 35.0 Å². The molecule has 0 saturated heterocycles. The Morgan fingerprint density at radius 1 is 1.25 bits per heavy atom. The first-order chi connectivity index (χ1) is 9.79. The number of aromatic nitrogens is 1. The second kappa shape index (κ2) is 6.01. The summed E-state index contributed by atoms with van der Waals surface area (Å²) in [7, 11) is 0. The Labute approximate surface area is 122 Å². The fourth-order valence-electron chi connectivity index (χ4n) is 3.61. The third-order valence-electron chi connectivity index (χ3n) is 4.79. The minimum absolute atomic E-state index is 0.770. The van der Waals surface area contributed by atoms with Crippen LogP contribution in [0.5, 0.6) is 0 Å². The lowest BCUT2D eigenvalue weighted by atomic mass is 10.0. The molecule has 1 aromatic heterocycles. The molecule has 2 heteroatoms.